The molecule has 0 heterocycles. The first-order valence-corrected chi connectivity index (χ1v) is 4.11. The average molecular weight is 271 g/mol. The summed E-state index contributed by atoms with van der Waals surface area (Å²) < 4.78 is 113. The topological polar surface area (TPSA) is 26.3 Å². The molecule has 0 aliphatic carbocycles. The fourth-order valence-electron chi connectivity index (χ4n) is 0.646. The third kappa shape index (κ3) is 4.43. The van der Waals surface area contributed by atoms with Crippen LogP contribution in [0.3, 0.4) is 0 Å². The van der Waals surface area contributed by atoms with Gasteiger partial charge in [-0.05, 0) is 20.1 Å². The summed E-state index contributed by atoms with van der Waals surface area (Å²) in [6, 6.07) is 0. The van der Waals surface area contributed by atoms with Crippen molar-refractivity contribution in [3.63, 3.8) is 0 Å². The lowest BCUT2D eigenvalue weighted by atomic mass is 9.90. The van der Waals surface area contributed by atoms with Gasteiger partial charge < -0.3 is 4.74 Å². The minimum Gasteiger partial charge on any atom is -0.442 e. The molecule has 102 valence electrons. The van der Waals surface area contributed by atoms with E-state index in [1.165, 1.54) is 0 Å². The summed E-state index contributed by atoms with van der Waals surface area (Å²) in [5.74, 6) is -2.46. The zero-order chi connectivity index (χ0) is 18.4. The summed E-state index contributed by atoms with van der Waals surface area (Å²) in [5.41, 5.74) is -3.23. The highest BCUT2D eigenvalue weighted by Crippen LogP contribution is 2.37. The molecule has 0 aliphatic rings. The number of halogens is 6. The predicted octanol–water partition coefficient (Wildman–Crippen LogP) is 3.46. The van der Waals surface area contributed by atoms with Gasteiger partial charge in [-0.15, -0.1) is 0 Å². The lowest BCUT2D eigenvalue weighted by Gasteiger charge is -2.27. The van der Waals surface area contributed by atoms with E-state index < -0.39 is 43.1 Å². The number of carbonyl (C=O) groups is 1. The molecule has 0 aliphatic heterocycles. The van der Waals surface area contributed by atoms with Crippen LogP contribution in [0.25, 0.3) is 0 Å². The van der Waals surface area contributed by atoms with Crippen LogP contribution in [0.4, 0.5) is 26.3 Å². The van der Waals surface area contributed by atoms with Gasteiger partial charge in [0.05, 0.1) is 5.41 Å². The maximum absolute atomic E-state index is 12.3. The van der Waals surface area contributed by atoms with Crippen LogP contribution in [0.1, 0.15) is 33.9 Å². The van der Waals surface area contributed by atoms with Crippen LogP contribution in [0.5, 0.6) is 0 Å². The molecular weight excluding hydrogens is 254 g/mol. The van der Waals surface area contributed by atoms with Crippen molar-refractivity contribution in [3.8, 4) is 0 Å². The number of hydrogen-bond donors (Lipinski definition) is 0. The quantitative estimate of drug-likeness (QED) is 0.580. The molecule has 0 fully saturated rings. The Morgan fingerprint density at radius 2 is 1.71 bits per heavy atom. The van der Waals surface area contributed by atoms with Gasteiger partial charge in [0.15, 0.2) is 0 Å². The number of hydrogen-bond acceptors (Lipinski definition) is 2. The first-order chi connectivity index (χ1) is 9.26. The van der Waals surface area contributed by atoms with E-state index in [1.807, 2.05) is 0 Å². The maximum atomic E-state index is 12.3. The van der Waals surface area contributed by atoms with Crippen molar-refractivity contribution in [2.45, 2.75) is 45.5 Å². The third-order valence-corrected chi connectivity index (χ3v) is 1.73. The molecule has 1 atom stereocenters. The molecule has 8 heteroatoms. The van der Waals surface area contributed by atoms with E-state index in [4.69, 9.17) is 6.85 Å². The second-order valence-corrected chi connectivity index (χ2v) is 3.24. The van der Waals surface area contributed by atoms with Crippen molar-refractivity contribution in [2.24, 2.45) is 5.41 Å². The average Bonchev–Trinajstić information content (AvgIpc) is 2.17. The van der Waals surface area contributed by atoms with Crippen molar-refractivity contribution >= 4 is 5.97 Å². The van der Waals surface area contributed by atoms with E-state index in [0.717, 1.165) is 0 Å². The van der Waals surface area contributed by atoms with Gasteiger partial charge in [-0.1, -0.05) is 6.92 Å². The number of rotatable bonds is 3. The Bertz CT molecular complexity index is 394. The van der Waals surface area contributed by atoms with Gasteiger partial charge in [-0.2, -0.15) is 26.3 Å². The fourth-order valence-corrected chi connectivity index (χ4v) is 0.646. The summed E-state index contributed by atoms with van der Waals surface area (Å²) in [7, 11) is 0. The monoisotopic (exact) mass is 271 g/mol. The molecular formula is C9H12F6O2. The molecule has 0 saturated carbocycles. The molecule has 0 N–H and O–H groups in total. The molecule has 0 saturated heterocycles. The number of esters is 1. The summed E-state index contributed by atoms with van der Waals surface area (Å²) in [6.45, 7) is -2.62. The van der Waals surface area contributed by atoms with E-state index in [1.54, 1.807) is 0 Å². The van der Waals surface area contributed by atoms with Crippen LogP contribution in [-0.2, 0) is 9.53 Å². The minimum atomic E-state index is -6.02. The van der Waals surface area contributed by atoms with Crippen molar-refractivity contribution in [2.75, 3.05) is 0 Å². The van der Waals surface area contributed by atoms with Crippen LogP contribution in [0.2, 0.25) is 0 Å². The number of alkyl halides is 6. The largest absolute Gasteiger partial charge is 0.442 e. The van der Waals surface area contributed by atoms with Gasteiger partial charge in [0.25, 0.3) is 6.10 Å². The van der Waals surface area contributed by atoms with Crippen molar-refractivity contribution in [3.05, 3.63) is 0 Å². The van der Waals surface area contributed by atoms with E-state index >= 15 is 0 Å². The SMILES string of the molecule is [2H]C([2H])([2H])C(C)(C(=O)OC(C(F)(F)F)C(F)(F)F)C([2H])([2H])C. The summed E-state index contributed by atoms with van der Waals surface area (Å²) >= 11 is 0. The van der Waals surface area contributed by atoms with Crippen LogP contribution in [-0.4, -0.2) is 24.4 Å². The van der Waals surface area contributed by atoms with Crippen molar-refractivity contribution < 1.29 is 42.7 Å². The fraction of sp³-hybridized carbons (Fsp3) is 0.889. The van der Waals surface area contributed by atoms with Gasteiger partial charge in [-0.25, -0.2) is 0 Å². The van der Waals surface area contributed by atoms with Crippen LogP contribution in [0.15, 0.2) is 0 Å². The second kappa shape index (κ2) is 4.73. The molecule has 0 bridgehead atoms. The number of ether oxygens (including phenoxy) is 1. The maximum Gasteiger partial charge on any atom is 0.434 e. The summed E-state index contributed by atoms with van der Waals surface area (Å²) in [5, 5.41) is 0. The molecule has 0 rings (SSSR count). The van der Waals surface area contributed by atoms with Crippen molar-refractivity contribution in [1.29, 1.82) is 0 Å². The highest BCUT2D eigenvalue weighted by atomic mass is 19.4. The molecule has 0 aromatic rings. The van der Waals surface area contributed by atoms with Gasteiger partial charge in [0, 0.05) is 6.85 Å². The molecule has 0 spiro atoms. The first-order valence-electron chi connectivity index (χ1n) is 6.61. The number of carbonyl (C=O) groups excluding carboxylic acids is 1. The highest BCUT2D eigenvalue weighted by molar-refractivity contribution is 5.76. The second-order valence-electron chi connectivity index (χ2n) is 3.24. The van der Waals surface area contributed by atoms with E-state index in [9.17, 15) is 31.1 Å². The zero-order valence-corrected chi connectivity index (χ0v) is 8.66. The normalized spacial score (nSPS) is 22.8. The molecule has 1 unspecified atom stereocenters. The highest BCUT2D eigenvalue weighted by Gasteiger charge is 2.60. The molecule has 17 heavy (non-hydrogen) atoms. The van der Waals surface area contributed by atoms with Crippen LogP contribution in [0, 0.1) is 5.41 Å². The smallest absolute Gasteiger partial charge is 0.434 e. The summed E-state index contributed by atoms with van der Waals surface area (Å²) in [4.78, 5) is 11.6. The molecule has 0 aromatic carbocycles. The van der Waals surface area contributed by atoms with Crippen LogP contribution >= 0.6 is 0 Å². The summed E-state index contributed by atoms with van der Waals surface area (Å²) in [6.07, 6.45) is -19.6. The van der Waals surface area contributed by atoms with Gasteiger partial charge in [0.2, 0.25) is 0 Å². The molecule has 0 aromatic heterocycles. The lowest BCUT2D eigenvalue weighted by Crippen LogP contribution is -2.47. The first kappa shape index (κ1) is 9.04. The van der Waals surface area contributed by atoms with E-state index in [-0.39, 0.29) is 0 Å². The van der Waals surface area contributed by atoms with Crippen LogP contribution < -0.4 is 0 Å². The van der Waals surface area contributed by atoms with Gasteiger partial charge in [0.1, 0.15) is 0 Å². The van der Waals surface area contributed by atoms with E-state index in [0.29, 0.717) is 13.8 Å². The molecule has 0 radical (unpaired) electrons. The van der Waals surface area contributed by atoms with E-state index in [2.05, 4.69) is 4.74 Å². The minimum absolute atomic E-state index is 0.381. The Hall–Kier alpha value is -0.950. The molecule has 0 amide bonds. The predicted molar refractivity (Wildman–Crippen MR) is 46.1 cm³/mol. The standard InChI is InChI=1S/C9H12F6O2/c1-4-7(2,3)6(16)17-5(8(10,11)12)9(13,14)15/h5H,4H2,1-3H3/i2D3,4D2. The Balaban J connectivity index is 5.83. The van der Waals surface area contributed by atoms with Gasteiger partial charge >= 0.3 is 18.3 Å². The van der Waals surface area contributed by atoms with Gasteiger partial charge in [-0.3, -0.25) is 4.79 Å². The molecule has 2 nitrogen and oxygen atoms in total. The Morgan fingerprint density at radius 3 is 1.94 bits per heavy atom. The Kier molecular flexibility index (Phi) is 2.52. The van der Waals surface area contributed by atoms with Crippen molar-refractivity contribution in [1.82, 2.24) is 0 Å². The lowest BCUT2D eigenvalue weighted by molar-refractivity contribution is -0.315. The zero-order valence-electron chi connectivity index (χ0n) is 13.7. The Morgan fingerprint density at radius 1 is 1.29 bits per heavy atom. The third-order valence-electron chi connectivity index (χ3n) is 1.73. The Labute approximate surface area is 101 Å².